The Morgan fingerprint density at radius 3 is 2.53 bits per heavy atom. The molecule has 2 aliphatic heterocycles. The van der Waals surface area contributed by atoms with E-state index in [-0.39, 0.29) is 30.1 Å². The van der Waals surface area contributed by atoms with E-state index >= 15 is 0 Å². The maximum atomic E-state index is 12.8. The first kappa shape index (κ1) is 23.7. The van der Waals surface area contributed by atoms with E-state index in [2.05, 4.69) is 15.3 Å². The molecular weight excluding hydrogens is 436 g/mol. The number of rotatable bonds is 7. The summed E-state index contributed by atoms with van der Waals surface area (Å²) in [7, 11) is 3.26. The first-order valence-corrected chi connectivity index (χ1v) is 11.6. The van der Waals surface area contributed by atoms with Crippen LogP contribution in [0.1, 0.15) is 22.3 Å². The van der Waals surface area contributed by atoms with Crippen LogP contribution in [0.15, 0.2) is 30.5 Å². The molecule has 2 saturated heterocycles. The van der Waals surface area contributed by atoms with Gasteiger partial charge in [0.05, 0.1) is 13.0 Å². The van der Waals surface area contributed by atoms with Gasteiger partial charge in [-0.3, -0.25) is 24.0 Å². The molecule has 0 saturated carbocycles. The molecule has 2 aromatic rings. The molecule has 0 bridgehead atoms. The Bertz CT molecular complexity index is 1040. The Morgan fingerprint density at radius 2 is 1.85 bits per heavy atom. The summed E-state index contributed by atoms with van der Waals surface area (Å²) in [6.07, 6.45) is 1.91. The summed E-state index contributed by atoms with van der Waals surface area (Å²) in [5.74, 6) is -0.181. The number of hydrogen-bond acceptors (Lipinski definition) is 6. The summed E-state index contributed by atoms with van der Waals surface area (Å²) < 4.78 is 6.78. The number of nitrogens with one attached hydrogen (secondary N) is 1. The number of anilines is 1. The van der Waals surface area contributed by atoms with Crippen LogP contribution in [-0.4, -0.2) is 90.2 Å². The number of amides is 3. The van der Waals surface area contributed by atoms with Crippen molar-refractivity contribution in [2.24, 2.45) is 13.0 Å². The monoisotopic (exact) mass is 468 g/mol. The van der Waals surface area contributed by atoms with Crippen LogP contribution >= 0.6 is 0 Å². The number of benzene rings is 1. The fraction of sp³-hybridized carbons (Fsp3) is 0.500. The molecule has 34 heavy (non-hydrogen) atoms. The lowest BCUT2D eigenvalue weighted by Gasteiger charge is -2.34. The third kappa shape index (κ3) is 5.22. The van der Waals surface area contributed by atoms with E-state index in [9.17, 15) is 14.4 Å². The number of methoxy groups -OCH3 is 1. The number of aromatic nitrogens is 2. The van der Waals surface area contributed by atoms with E-state index in [1.54, 1.807) is 27.7 Å². The maximum absolute atomic E-state index is 12.8. The second kappa shape index (κ2) is 10.3. The number of piperazine rings is 1. The molecule has 3 amide bonds. The quantitative estimate of drug-likeness (QED) is 0.641. The lowest BCUT2D eigenvalue weighted by atomic mass is 10.1. The number of aryl methyl sites for hydroxylation is 2. The molecule has 1 aromatic carbocycles. The number of carbonyl (C=O) groups is 3. The number of nitrogens with zero attached hydrogens (tertiary/aromatic N) is 5. The molecule has 2 fully saturated rings. The van der Waals surface area contributed by atoms with Crippen LogP contribution in [0, 0.1) is 12.8 Å². The van der Waals surface area contributed by atoms with Gasteiger partial charge in [0, 0.05) is 71.2 Å². The van der Waals surface area contributed by atoms with Gasteiger partial charge < -0.3 is 19.9 Å². The van der Waals surface area contributed by atoms with Gasteiger partial charge in [-0.15, -0.1) is 5.10 Å². The van der Waals surface area contributed by atoms with Gasteiger partial charge in [0.25, 0.3) is 5.91 Å². The van der Waals surface area contributed by atoms with Crippen molar-refractivity contribution >= 4 is 23.4 Å². The van der Waals surface area contributed by atoms with Crippen molar-refractivity contribution in [3.05, 3.63) is 41.6 Å². The number of hydrogen-bond donors (Lipinski definition) is 1. The SMILES string of the molecule is COc1nn(C)cc1C(=O)N1CCN(CCNC(=O)C2CC(=O)N(c3ccc(C)cc3)C2)CC1. The Hall–Kier alpha value is -3.40. The zero-order chi connectivity index (χ0) is 24.2. The summed E-state index contributed by atoms with van der Waals surface area (Å²) in [4.78, 5) is 43.6. The molecule has 0 spiro atoms. The van der Waals surface area contributed by atoms with E-state index in [0.717, 1.165) is 24.3 Å². The maximum Gasteiger partial charge on any atom is 0.261 e. The van der Waals surface area contributed by atoms with Gasteiger partial charge in [0.1, 0.15) is 5.56 Å². The van der Waals surface area contributed by atoms with Gasteiger partial charge in [0.2, 0.25) is 17.7 Å². The zero-order valence-corrected chi connectivity index (χ0v) is 20.0. The highest BCUT2D eigenvalue weighted by molar-refractivity contribution is 6.00. The van der Waals surface area contributed by atoms with E-state index in [4.69, 9.17) is 4.74 Å². The van der Waals surface area contributed by atoms with Crippen molar-refractivity contribution in [1.82, 2.24) is 24.9 Å². The van der Waals surface area contributed by atoms with Crippen LogP contribution in [-0.2, 0) is 16.6 Å². The molecule has 3 heterocycles. The molecule has 1 N–H and O–H groups in total. The smallest absolute Gasteiger partial charge is 0.261 e. The predicted octanol–water partition coefficient (Wildman–Crippen LogP) is 0.664. The van der Waals surface area contributed by atoms with Crippen molar-refractivity contribution in [3.63, 3.8) is 0 Å². The lowest BCUT2D eigenvalue weighted by Crippen LogP contribution is -2.50. The van der Waals surface area contributed by atoms with E-state index < -0.39 is 0 Å². The van der Waals surface area contributed by atoms with E-state index in [1.807, 2.05) is 31.2 Å². The Kier molecular flexibility index (Phi) is 7.16. The molecule has 4 rings (SSSR count). The highest BCUT2D eigenvalue weighted by Crippen LogP contribution is 2.25. The lowest BCUT2D eigenvalue weighted by molar-refractivity contribution is -0.126. The Balaban J connectivity index is 1.20. The minimum atomic E-state index is -0.335. The van der Waals surface area contributed by atoms with Gasteiger partial charge in [-0.2, -0.15) is 0 Å². The molecular formula is C24H32N6O4. The van der Waals surface area contributed by atoms with Crippen LogP contribution < -0.4 is 15.0 Å². The normalized spacial score (nSPS) is 18.9. The van der Waals surface area contributed by atoms with Gasteiger partial charge >= 0.3 is 0 Å². The van der Waals surface area contributed by atoms with Gasteiger partial charge in [-0.1, -0.05) is 17.7 Å². The molecule has 1 unspecified atom stereocenters. The van der Waals surface area contributed by atoms with Gasteiger partial charge in [-0.05, 0) is 19.1 Å². The topological polar surface area (TPSA) is 100 Å². The summed E-state index contributed by atoms with van der Waals surface area (Å²) in [6.45, 7) is 6.29. The van der Waals surface area contributed by atoms with Crippen molar-refractivity contribution in [3.8, 4) is 5.88 Å². The van der Waals surface area contributed by atoms with Crippen molar-refractivity contribution in [2.45, 2.75) is 13.3 Å². The predicted molar refractivity (Wildman–Crippen MR) is 127 cm³/mol. The summed E-state index contributed by atoms with van der Waals surface area (Å²) in [5, 5.41) is 7.14. The average Bonchev–Trinajstić information content (AvgIpc) is 3.42. The van der Waals surface area contributed by atoms with Crippen molar-refractivity contribution in [1.29, 1.82) is 0 Å². The highest BCUT2D eigenvalue weighted by atomic mass is 16.5. The Labute approximate surface area is 199 Å². The van der Waals surface area contributed by atoms with Crippen LogP contribution in [0.3, 0.4) is 0 Å². The molecule has 2 aliphatic rings. The van der Waals surface area contributed by atoms with Crippen LogP contribution in [0.25, 0.3) is 0 Å². The summed E-state index contributed by atoms with van der Waals surface area (Å²) >= 11 is 0. The molecule has 10 heteroatoms. The second-order valence-corrected chi connectivity index (χ2v) is 8.89. The fourth-order valence-corrected chi connectivity index (χ4v) is 4.45. The molecule has 1 aromatic heterocycles. The molecule has 0 radical (unpaired) electrons. The highest BCUT2D eigenvalue weighted by Gasteiger charge is 2.35. The van der Waals surface area contributed by atoms with E-state index in [1.165, 1.54) is 7.11 Å². The third-order valence-electron chi connectivity index (χ3n) is 6.45. The molecule has 10 nitrogen and oxygen atoms in total. The molecule has 0 aliphatic carbocycles. The number of ether oxygens (including phenoxy) is 1. The first-order chi connectivity index (χ1) is 16.4. The number of carbonyl (C=O) groups excluding carboxylic acids is 3. The van der Waals surface area contributed by atoms with Crippen LogP contribution in [0.2, 0.25) is 0 Å². The van der Waals surface area contributed by atoms with Crippen LogP contribution in [0.5, 0.6) is 5.88 Å². The molecule has 1 atom stereocenters. The Morgan fingerprint density at radius 1 is 1.15 bits per heavy atom. The largest absolute Gasteiger partial charge is 0.479 e. The summed E-state index contributed by atoms with van der Waals surface area (Å²) in [5.41, 5.74) is 2.44. The zero-order valence-electron chi connectivity index (χ0n) is 20.0. The fourth-order valence-electron chi connectivity index (χ4n) is 4.45. The van der Waals surface area contributed by atoms with Gasteiger partial charge in [-0.25, -0.2) is 0 Å². The summed E-state index contributed by atoms with van der Waals surface area (Å²) in [6, 6.07) is 7.78. The van der Waals surface area contributed by atoms with Crippen LogP contribution in [0.4, 0.5) is 5.69 Å². The van der Waals surface area contributed by atoms with Crippen molar-refractivity contribution in [2.75, 3.05) is 57.8 Å². The standard InChI is InChI=1S/C24H32N6O4/c1-17-4-6-19(7-5-17)30-15-18(14-21(30)31)22(32)25-8-9-28-10-12-29(13-11-28)24(33)20-16-27(2)26-23(20)34-3/h4-7,16,18H,8-15H2,1-3H3,(H,25,32). The second-order valence-electron chi connectivity index (χ2n) is 8.89. The minimum Gasteiger partial charge on any atom is -0.479 e. The van der Waals surface area contributed by atoms with Crippen molar-refractivity contribution < 1.29 is 19.1 Å². The minimum absolute atomic E-state index is 0.0185. The molecule has 182 valence electrons. The third-order valence-corrected chi connectivity index (χ3v) is 6.45. The van der Waals surface area contributed by atoms with Gasteiger partial charge in [0.15, 0.2) is 0 Å². The first-order valence-electron chi connectivity index (χ1n) is 11.6. The average molecular weight is 469 g/mol. The van der Waals surface area contributed by atoms with E-state index in [0.29, 0.717) is 44.2 Å².